The highest BCUT2D eigenvalue weighted by Crippen LogP contribution is 2.22. The number of amides is 2. The van der Waals surface area contributed by atoms with Crippen molar-refractivity contribution < 1.29 is 23.9 Å². The van der Waals surface area contributed by atoms with Gasteiger partial charge in [-0.1, -0.05) is 32.0 Å². The fourth-order valence-corrected chi connectivity index (χ4v) is 2.84. The lowest BCUT2D eigenvalue weighted by Crippen LogP contribution is -2.34. The molecule has 2 rings (SSSR count). The maximum Gasteiger partial charge on any atom is 0.325 e. The minimum absolute atomic E-state index is 0.196. The number of hydrogen-bond acceptors (Lipinski definition) is 5. The van der Waals surface area contributed by atoms with E-state index in [-0.39, 0.29) is 25.0 Å². The van der Waals surface area contributed by atoms with Crippen LogP contribution in [0, 0.1) is 5.92 Å². The van der Waals surface area contributed by atoms with Crippen molar-refractivity contribution in [2.24, 2.45) is 5.92 Å². The van der Waals surface area contributed by atoms with Crippen LogP contribution in [0.5, 0.6) is 5.75 Å². The van der Waals surface area contributed by atoms with Gasteiger partial charge in [-0.2, -0.15) is 0 Å². The van der Waals surface area contributed by atoms with Gasteiger partial charge in [-0.15, -0.1) is 0 Å². The number of carbonyl (C=O) groups excluding carboxylic acids is 3. The summed E-state index contributed by atoms with van der Waals surface area (Å²) in [5.41, 5.74) is 0.965. The number of likely N-dealkylation sites (N-methyl/N-ethyl adjacent to an activating group) is 1. The molecule has 0 saturated carbocycles. The Balaban J connectivity index is 1.78. The number of rotatable bonds is 10. The van der Waals surface area contributed by atoms with E-state index in [1.807, 2.05) is 50.2 Å². The molecule has 2 aromatic carbocycles. The van der Waals surface area contributed by atoms with E-state index in [0.29, 0.717) is 18.9 Å². The van der Waals surface area contributed by atoms with Gasteiger partial charge in [0, 0.05) is 20.0 Å². The summed E-state index contributed by atoms with van der Waals surface area (Å²) in [6.07, 6.45) is 1.12. The first kappa shape index (κ1) is 23.2. The Morgan fingerprint density at radius 1 is 1.07 bits per heavy atom. The summed E-state index contributed by atoms with van der Waals surface area (Å²) >= 11 is 0. The first-order valence-corrected chi connectivity index (χ1v) is 10.0. The van der Waals surface area contributed by atoms with Crippen molar-refractivity contribution in [2.75, 3.05) is 27.3 Å². The van der Waals surface area contributed by atoms with E-state index in [1.54, 1.807) is 14.2 Å². The number of methoxy groups -OCH3 is 1. The number of nitrogens with one attached hydrogen (secondary N) is 1. The Hall–Kier alpha value is -3.09. The summed E-state index contributed by atoms with van der Waals surface area (Å²) in [5.74, 6) is 0.0680. The molecule has 0 spiro atoms. The average Bonchev–Trinajstić information content (AvgIpc) is 2.73. The van der Waals surface area contributed by atoms with Crippen LogP contribution >= 0.6 is 0 Å². The van der Waals surface area contributed by atoms with Gasteiger partial charge in [0.1, 0.15) is 12.3 Å². The van der Waals surface area contributed by atoms with E-state index < -0.39 is 5.97 Å². The third kappa shape index (κ3) is 7.39. The number of ether oxygens (including phenoxy) is 2. The van der Waals surface area contributed by atoms with Crippen LogP contribution in [-0.2, 0) is 25.7 Å². The minimum atomic E-state index is -0.630. The highest BCUT2D eigenvalue weighted by Gasteiger charge is 2.14. The lowest BCUT2D eigenvalue weighted by atomic mass is 10.1. The zero-order chi connectivity index (χ0) is 22.1. The third-order valence-corrected chi connectivity index (χ3v) is 4.69. The largest absolute Gasteiger partial charge is 0.497 e. The molecule has 0 aliphatic rings. The highest BCUT2D eigenvalue weighted by atomic mass is 16.5. The molecule has 2 amide bonds. The van der Waals surface area contributed by atoms with E-state index in [2.05, 4.69) is 5.32 Å². The topological polar surface area (TPSA) is 84.9 Å². The van der Waals surface area contributed by atoms with Gasteiger partial charge in [-0.25, -0.2) is 0 Å². The molecule has 0 radical (unpaired) electrons. The average molecular weight is 415 g/mol. The number of nitrogens with zero attached hydrogens (tertiary/aromatic N) is 1. The summed E-state index contributed by atoms with van der Waals surface area (Å²) in [4.78, 5) is 37.1. The first-order chi connectivity index (χ1) is 14.3. The minimum Gasteiger partial charge on any atom is -0.497 e. The summed E-state index contributed by atoms with van der Waals surface area (Å²) in [5, 5.41) is 4.61. The standard InChI is InChI=1S/C23H30N2O5/c1-16(2)5-10-21(26)24-13-23(28)30-15-22(27)25(3)14-17-6-7-19-12-20(29-4)9-8-18(19)11-17/h6-9,11-12,16H,5,10,13-15H2,1-4H3,(H,24,26). The fraction of sp³-hybridized carbons (Fsp3) is 0.435. The van der Waals surface area contributed by atoms with Crippen LogP contribution in [0.4, 0.5) is 0 Å². The molecular formula is C23H30N2O5. The van der Waals surface area contributed by atoms with E-state index in [4.69, 9.17) is 9.47 Å². The quantitative estimate of drug-likeness (QED) is 0.604. The van der Waals surface area contributed by atoms with E-state index in [1.165, 1.54) is 4.90 Å². The van der Waals surface area contributed by atoms with Gasteiger partial charge >= 0.3 is 5.97 Å². The van der Waals surface area contributed by atoms with Crippen LogP contribution in [-0.4, -0.2) is 50.0 Å². The first-order valence-electron chi connectivity index (χ1n) is 10.0. The van der Waals surface area contributed by atoms with Crippen LogP contribution in [0.15, 0.2) is 36.4 Å². The smallest absolute Gasteiger partial charge is 0.325 e. The molecule has 0 aromatic heterocycles. The van der Waals surface area contributed by atoms with Crippen molar-refractivity contribution in [1.82, 2.24) is 10.2 Å². The van der Waals surface area contributed by atoms with Crippen LogP contribution in [0.2, 0.25) is 0 Å². The molecule has 7 heteroatoms. The highest BCUT2D eigenvalue weighted by molar-refractivity contribution is 5.85. The zero-order valence-electron chi connectivity index (χ0n) is 18.1. The molecule has 7 nitrogen and oxygen atoms in total. The monoisotopic (exact) mass is 414 g/mol. The lowest BCUT2D eigenvalue weighted by molar-refractivity contribution is -0.151. The molecule has 162 valence electrons. The predicted octanol–water partition coefficient (Wildman–Crippen LogP) is 2.90. The van der Waals surface area contributed by atoms with Crippen LogP contribution in [0.25, 0.3) is 10.8 Å². The molecule has 0 fully saturated rings. The Morgan fingerprint density at radius 2 is 1.77 bits per heavy atom. The van der Waals surface area contributed by atoms with Gasteiger partial charge in [-0.05, 0) is 46.9 Å². The zero-order valence-corrected chi connectivity index (χ0v) is 18.1. The second kappa shape index (κ2) is 11.2. The van der Waals surface area contributed by atoms with Gasteiger partial charge in [0.15, 0.2) is 6.61 Å². The predicted molar refractivity (Wildman–Crippen MR) is 115 cm³/mol. The van der Waals surface area contributed by atoms with Crippen LogP contribution < -0.4 is 10.1 Å². The van der Waals surface area contributed by atoms with Crippen molar-refractivity contribution in [2.45, 2.75) is 33.2 Å². The molecule has 1 N–H and O–H groups in total. The number of hydrogen-bond donors (Lipinski definition) is 1. The summed E-state index contributed by atoms with van der Waals surface area (Å²) < 4.78 is 10.2. The molecule has 0 unspecified atom stereocenters. The van der Waals surface area contributed by atoms with Crippen LogP contribution in [0.3, 0.4) is 0 Å². The Bertz CT molecular complexity index is 894. The van der Waals surface area contributed by atoms with Crippen molar-refractivity contribution in [3.05, 3.63) is 42.0 Å². The molecule has 0 saturated heterocycles. The van der Waals surface area contributed by atoms with Crippen molar-refractivity contribution in [1.29, 1.82) is 0 Å². The maximum atomic E-state index is 12.3. The van der Waals surface area contributed by atoms with Gasteiger partial charge in [-0.3, -0.25) is 14.4 Å². The Morgan fingerprint density at radius 3 is 2.47 bits per heavy atom. The number of esters is 1. The molecule has 30 heavy (non-hydrogen) atoms. The molecule has 0 bridgehead atoms. The number of carbonyl (C=O) groups is 3. The van der Waals surface area contributed by atoms with Gasteiger partial charge in [0.05, 0.1) is 7.11 Å². The molecule has 2 aromatic rings. The molecular weight excluding hydrogens is 384 g/mol. The number of fused-ring (bicyclic) bond motifs is 1. The maximum absolute atomic E-state index is 12.3. The van der Waals surface area contributed by atoms with Gasteiger partial charge in [0.25, 0.3) is 5.91 Å². The summed E-state index contributed by atoms with van der Waals surface area (Å²) in [6.45, 7) is 3.85. The van der Waals surface area contributed by atoms with Crippen LogP contribution in [0.1, 0.15) is 32.3 Å². The Labute approximate surface area is 177 Å². The lowest BCUT2D eigenvalue weighted by Gasteiger charge is -2.17. The van der Waals surface area contributed by atoms with Crippen molar-refractivity contribution in [3.63, 3.8) is 0 Å². The third-order valence-electron chi connectivity index (χ3n) is 4.69. The van der Waals surface area contributed by atoms with Gasteiger partial charge in [0.2, 0.25) is 5.91 Å². The van der Waals surface area contributed by atoms with E-state index in [9.17, 15) is 14.4 Å². The molecule has 0 aliphatic carbocycles. The molecule has 0 aliphatic heterocycles. The summed E-state index contributed by atoms with van der Waals surface area (Å²) in [6, 6.07) is 11.8. The second-order valence-corrected chi connectivity index (χ2v) is 7.67. The Kier molecular flexibility index (Phi) is 8.65. The second-order valence-electron chi connectivity index (χ2n) is 7.67. The SMILES string of the molecule is COc1ccc2cc(CN(C)C(=O)COC(=O)CNC(=O)CCC(C)C)ccc2c1. The summed E-state index contributed by atoms with van der Waals surface area (Å²) in [7, 11) is 3.28. The van der Waals surface area contributed by atoms with Gasteiger partial charge < -0.3 is 19.7 Å². The normalized spacial score (nSPS) is 10.7. The number of benzene rings is 2. The van der Waals surface area contributed by atoms with E-state index in [0.717, 1.165) is 28.5 Å². The fourth-order valence-electron chi connectivity index (χ4n) is 2.84. The molecule has 0 heterocycles. The van der Waals surface area contributed by atoms with Crippen molar-refractivity contribution in [3.8, 4) is 5.75 Å². The van der Waals surface area contributed by atoms with E-state index >= 15 is 0 Å². The molecule has 0 atom stereocenters. The van der Waals surface area contributed by atoms with Crippen molar-refractivity contribution >= 4 is 28.6 Å².